The van der Waals surface area contributed by atoms with Crippen LogP contribution in [0, 0.1) is 0 Å². The molecule has 0 saturated carbocycles. The fraction of sp³-hybridized carbons (Fsp3) is 0.385. The first-order valence-electron chi connectivity index (χ1n) is 5.78. The number of hydrogen-bond acceptors (Lipinski definition) is 4. The Bertz CT molecular complexity index is 537. The monoisotopic (exact) mass is 265 g/mol. The lowest BCUT2D eigenvalue weighted by Gasteiger charge is -2.17. The summed E-state index contributed by atoms with van der Waals surface area (Å²) < 4.78 is 5.27. The molecule has 96 valence electrons. The minimum Gasteiger partial charge on any atom is -0.337 e. The fourth-order valence-corrected chi connectivity index (χ4v) is 1.70. The third-order valence-electron chi connectivity index (χ3n) is 2.93. The second kappa shape index (κ2) is 5.08. The van der Waals surface area contributed by atoms with Crippen LogP contribution in [0.5, 0.6) is 0 Å². The van der Waals surface area contributed by atoms with Gasteiger partial charge in [0.1, 0.15) is 0 Å². The number of nitrogens with one attached hydrogen (secondary N) is 1. The molecule has 0 aliphatic carbocycles. The van der Waals surface area contributed by atoms with E-state index in [4.69, 9.17) is 16.1 Å². The van der Waals surface area contributed by atoms with E-state index < -0.39 is 0 Å². The van der Waals surface area contributed by atoms with Crippen molar-refractivity contribution in [3.05, 3.63) is 46.6 Å². The summed E-state index contributed by atoms with van der Waals surface area (Å²) in [5, 5.41) is 7.83. The minimum absolute atomic E-state index is 0.328. The van der Waals surface area contributed by atoms with Crippen molar-refractivity contribution in [2.75, 3.05) is 7.05 Å². The second-order valence-corrected chi connectivity index (χ2v) is 5.07. The van der Waals surface area contributed by atoms with E-state index in [1.165, 1.54) is 0 Å². The number of hydrogen-bond donors (Lipinski definition) is 1. The molecule has 1 aromatic carbocycles. The van der Waals surface area contributed by atoms with Crippen molar-refractivity contribution in [2.24, 2.45) is 0 Å². The summed E-state index contributed by atoms with van der Waals surface area (Å²) in [6.07, 6.45) is 0.572. The van der Waals surface area contributed by atoms with Gasteiger partial charge in [-0.1, -0.05) is 35.0 Å². The van der Waals surface area contributed by atoms with Crippen molar-refractivity contribution in [2.45, 2.75) is 25.8 Å². The standard InChI is InChI=1S/C13H16ClN3O/c1-13(2,15-3)12-16-11(17-18-12)8-9-6-4-5-7-10(9)14/h4-7,15H,8H2,1-3H3. The van der Waals surface area contributed by atoms with E-state index in [9.17, 15) is 0 Å². The largest absolute Gasteiger partial charge is 0.337 e. The Kier molecular flexibility index (Phi) is 3.68. The van der Waals surface area contributed by atoms with Crippen LogP contribution in [0.2, 0.25) is 5.02 Å². The average molecular weight is 266 g/mol. The fourth-order valence-electron chi connectivity index (χ4n) is 1.50. The van der Waals surface area contributed by atoms with Crippen LogP contribution in [0.4, 0.5) is 0 Å². The summed E-state index contributed by atoms with van der Waals surface area (Å²) in [6.45, 7) is 3.97. The maximum atomic E-state index is 6.10. The first kappa shape index (κ1) is 13.1. The highest BCUT2D eigenvalue weighted by Crippen LogP contribution is 2.20. The van der Waals surface area contributed by atoms with Crippen LogP contribution < -0.4 is 5.32 Å². The third kappa shape index (κ3) is 2.71. The Labute approximate surface area is 111 Å². The lowest BCUT2D eigenvalue weighted by molar-refractivity contribution is 0.279. The van der Waals surface area contributed by atoms with Gasteiger partial charge in [0.25, 0.3) is 0 Å². The summed E-state index contributed by atoms with van der Waals surface area (Å²) >= 11 is 6.10. The van der Waals surface area contributed by atoms with Gasteiger partial charge in [-0.2, -0.15) is 4.98 Å². The smallest absolute Gasteiger partial charge is 0.246 e. The zero-order chi connectivity index (χ0) is 13.2. The maximum absolute atomic E-state index is 6.10. The highest BCUT2D eigenvalue weighted by molar-refractivity contribution is 6.31. The third-order valence-corrected chi connectivity index (χ3v) is 3.30. The van der Waals surface area contributed by atoms with Crippen LogP contribution in [0.15, 0.2) is 28.8 Å². The molecule has 0 unspecified atom stereocenters. The van der Waals surface area contributed by atoms with E-state index in [1.807, 2.05) is 45.2 Å². The lowest BCUT2D eigenvalue weighted by Crippen LogP contribution is -2.33. The van der Waals surface area contributed by atoms with Gasteiger partial charge < -0.3 is 9.84 Å². The van der Waals surface area contributed by atoms with E-state index >= 15 is 0 Å². The Hall–Kier alpha value is -1.39. The van der Waals surface area contributed by atoms with Crippen LogP contribution >= 0.6 is 11.6 Å². The summed E-state index contributed by atoms with van der Waals surface area (Å²) in [5.74, 6) is 1.22. The number of benzene rings is 1. The highest BCUT2D eigenvalue weighted by Gasteiger charge is 2.25. The van der Waals surface area contributed by atoms with Crippen molar-refractivity contribution >= 4 is 11.6 Å². The molecule has 0 spiro atoms. The molecule has 0 amide bonds. The van der Waals surface area contributed by atoms with Crippen LogP contribution in [0.25, 0.3) is 0 Å². The molecule has 0 radical (unpaired) electrons. The molecule has 2 aromatic rings. The predicted octanol–water partition coefficient (Wildman–Crippen LogP) is 2.77. The van der Waals surface area contributed by atoms with Gasteiger partial charge in [-0.25, -0.2) is 0 Å². The molecule has 4 nitrogen and oxygen atoms in total. The number of nitrogens with zero attached hydrogens (tertiary/aromatic N) is 2. The molecule has 0 aliphatic rings. The molecule has 18 heavy (non-hydrogen) atoms. The molecule has 1 aromatic heterocycles. The number of rotatable bonds is 4. The normalized spacial score (nSPS) is 11.8. The van der Waals surface area contributed by atoms with E-state index in [2.05, 4.69) is 15.5 Å². The number of aromatic nitrogens is 2. The summed E-state index contributed by atoms with van der Waals surface area (Å²) in [4.78, 5) is 4.39. The summed E-state index contributed by atoms with van der Waals surface area (Å²) in [7, 11) is 1.86. The Morgan fingerprint density at radius 2 is 2.06 bits per heavy atom. The van der Waals surface area contributed by atoms with Crippen molar-refractivity contribution in [1.29, 1.82) is 0 Å². The number of halogens is 1. The van der Waals surface area contributed by atoms with Crippen molar-refractivity contribution in [3.63, 3.8) is 0 Å². The van der Waals surface area contributed by atoms with Crippen LogP contribution in [-0.2, 0) is 12.0 Å². The van der Waals surface area contributed by atoms with Gasteiger partial charge in [-0.15, -0.1) is 0 Å². The van der Waals surface area contributed by atoms with Gasteiger partial charge in [0.15, 0.2) is 5.82 Å². The molecule has 0 bridgehead atoms. The quantitative estimate of drug-likeness (QED) is 0.924. The topological polar surface area (TPSA) is 51.0 Å². The molecule has 1 N–H and O–H groups in total. The van der Waals surface area contributed by atoms with Crippen molar-refractivity contribution < 1.29 is 4.52 Å². The van der Waals surface area contributed by atoms with E-state index in [1.54, 1.807) is 0 Å². The minimum atomic E-state index is -0.328. The molecule has 0 fully saturated rings. The van der Waals surface area contributed by atoms with E-state index in [0.717, 1.165) is 10.6 Å². The SMILES string of the molecule is CNC(C)(C)c1nc(Cc2ccccc2Cl)no1. The van der Waals surface area contributed by atoms with Gasteiger partial charge in [0, 0.05) is 11.4 Å². The van der Waals surface area contributed by atoms with Gasteiger partial charge in [0.05, 0.1) is 5.54 Å². The molecule has 5 heteroatoms. The van der Waals surface area contributed by atoms with Gasteiger partial charge >= 0.3 is 0 Å². The first-order chi connectivity index (χ1) is 8.53. The van der Waals surface area contributed by atoms with Gasteiger partial charge in [0.2, 0.25) is 5.89 Å². The molecular formula is C13H16ClN3O. The van der Waals surface area contributed by atoms with E-state index in [-0.39, 0.29) is 5.54 Å². The molecule has 1 heterocycles. The molecular weight excluding hydrogens is 250 g/mol. The Balaban J connectivity index is 2.20. The Morgan fingerprint density at radius 3 is 2.72 bits per heavy atom. The van der Waals surface area contributed by atoms with Crippen molar-refractivity contribution in [1.82, 2.24) is 15.5 Å². The summed E-state index contributed by atoms with van der Waals surface area (Å²) in [5.41, 5.74) is 0.667. The predicted molar refractivity (Wildman–Crippen MR) is 70.6 cm³/mol. The van der Waals surface area contributed by atoms with Crippen LogP contribution in [-0.4, -0.2) is 17.2 Å². The van der Waals surface area contributed by atoms with Crippen molar-refractivity contribution in [3.8, 4) is 0 Å². The lowest BCUT2D eigenvalue weighted by atomic mass is 10.1. The zero-order valence-electron chi connectivity index (χ0n) is 10.7. The molecule has 2 rings (SSSR count). The average Bonchev–Trinajstić information content (AvgIpc) is 2.81. The van der Waals surface area contributed by atoms with Crippen LogP contribution in [0.1, 0.15) is 31.1 Å². The van der Waals surface area contributed by atoms with E-state index in [0.29, 0.717) is 18.1 Å². The molecule has 0 atom stereocenters. The van der Waals surface area contributed by atoms with Crippen LogP contribution in [0.3, 0.4) is 0 Å². The zero-order valence-corrected chi connectivity index (χ0v) is 11.5. The first-order valence-corrected chi connectivity index (χ1v) is 6.16. The van der Waals surface area contributed by atoms with Gasteiger partial charge in [-0.05, 0) is 32.5 Å². The maximum Gasteiger partial charge on any atom is 0.246 e. The highest BCUT2D eigenvalue weighted by atomic mass is 35.5. The Morgan fingerprint density at radius 1 is 1.33 bits per heavy atom. The molecule has 0 saturated heterocycles. The summed E-state index contributed by atoms with van der Waals surface area (Å²) in [6, 6.07) is 7.66. The van der Waals surface area contributed by atoms with Gasteiger partial charge in [-0.3, -0.25) is 0 Å². The second-order valence-electron chi connectivity index (χ2n) is 4.66. The molecule has 0 aliphatic heterocycles.